The Morgan fingerprint density at radius 3 is 2.20 bits per heavy atom. The molecule has 0 unspecified atom stereocenters. The highest BCUT2D eigenvalue weighted by atomic mass is 35.5. The monoisotopic (exact) mass is 361 g/mol. The fourth-order valence-corrected chi connectivity index (χ4v) is 2.42. The molecular weight excluding hydrogens is 338 g/mol. The Hall–Kier alpha value is -2.53. The van der Waals surface area contributed by atoms with Gasteiger partial charge < -0.3 is 16.0 Å². The SMILES string of the molecule is CCN(CC)C(=O)c1ccc(CNC(=O)c2cccc(N)c2)cc1.Cl. The summed E-state index contributed by atoms with van der Waals surface area (Å²) in [5, 5.41) is 2.85. The maximum Gasteiger partial charge on any atom is 0.253 e. The molecule has 25 heavy (non-hydrogen) atoms. The molecule has 0 saturated heterocycles. The van der Waals surface area contributed by atoms with E-state index in [1.807, 2.05) is 26.0 Å². The van der Waals surface area contributed by atoms with Crippen LogP contribution < -0.4 is 11.1 Å². The zero-order valence-corrected chi connectivity index (χ0v) is 15.3. The number of anilines is 1. The first-order valence-corrected chi connectivity index (χ1v) is 8.07. The minimum absolute atomic E-state index is 0. The molecule has 0 fully saturated rings. The molecule has 0 spiro atoms. The van der Waals surface area contributed by atoms with Crippen molar-refractivity contribution in [2.45, 2.75) is 20.4 Å². The second-order valence-corrected chi connectivity index (χ2v) is 5.48. The molecule has 2 aromatic carbocycles. The van der Waals surface area contributed by atoms with Gasteiger partial charge in [-0.1, -0.05) is 18.2 Å². The van der Waals surface area contributed by atoms with Crippen molar-refractivity contribution >= 4 is 29.9 Å². The first-order valence-electron chi connectivity index (χ1n) is 8.07. The third kappa shape index (κ3) is 5.50. The zero-order valence-electron chi connectivity index (χ0n) is 14.5. The molecule has 2 aromatic rings. The number of amides is 2. The number of nitrogens with zero attached hydrogens (tertiary/aromatic N) is 1. The Balaban J connectivity index is 0.00000312. The maximum atomic E-state index is 12.2. The Bertz CT molecular complexity index is 713. The number of carbonyl (C=O) groups is 2. The molecular formula is C19H24ClN3O2. The van der Waals surface area contributed by atoms with Crippen LogP contribution in [0.1, 0.15) is 40.1 Å². The van der Waals surface area contributed by atoms with Crippen LogP contribution in [0.4, 0.5) is 5.69 Å². The molecule has 2 rings (SSSR count). The number of nitrogens with two attached hydrogens (primary N) is 1. The van der Waals surface area contributed by atoms with E-state index in [4.69, 9.17) is 5.73 Å². The fraction of sp³-hybridized carbons (Fsp3) is 0.263. The summed E-state index contributed by atoms with van der Waals surface area (Å²) in [5.74, 6) is -0.152. The molecule has 0 atom stereocenters. The van der Waals surface area contributed by atoms with Crippen LogP contribution in [-0.4, -0.2) is 29.8 Å². The zero-order chi connectivity index (χ0) is 17.5. The lowest BCUT2D eigenvalue weighted by atomic mass is 10.1. The minimum Gasteiger partial charge on any atom is -0.399 e. The number of nitrogens with one attached hydrogen (secondary N) is 1. The van der Waals surface area contributed by atoms with E-state index in [9.17, 15) is 9.59 Å². The van der Waals surface area contributed by atoms with Crippen LogP contribution in [0, 0.1) is 0 Å². The molecule has 6 heteroatoms. The number of benzene rings is 2. The molecule has 0 aliphatic carbocycles. The Kier molecular flexibility index (Phi) is 7.95. The van der Waals surface area contributed by atoms with Crippen LogP contribution in [-0.2, 0) is 6.54 Å². The topological polar surface area (TPSA) is 75.4 Å². The van der Waals surface area contributed by atoms with Gasteiger partial charge in [0.1, 0.15) is 0 Å². The van der Waals surface area contributed by atoms with Gasteiger partial charge in [-0.3, -0.25) is 9.59 Å². The minimum atomic E-state index is -0.175. The van der Waals surface area contributed by atoms with Crippen molar-refractivity contribution in [2.75, 3.05) is 18.8 Å². The number of halogens is 1. The van der Waals surface area contributed by atoms with E-state index in [-0.39, 0.29) is 24.2 Å². The smallest absolute Gasteiger partial charge is 0.253 e. The van der Waals surface area contributed by atoms with Crippen molar-refractivity contribution < 1.29 is 9.59 Å². The molecule has 2 amide bonds. The highest BCUT2D eigenvalue weighted by Crippen LogP contribution is 2.09. The van der Waals surface area contributed by atoms with E-state index in [0.717, 1.165) is 5.56 Å². The van der Waals surface area contributed by atoms with Crippen molar-refractivity contribution in [2.24, 2.45) is 0 Å². The van der Waals surface area contributed by atoms with Gasteiger partial charge in [0, 0.05) is 36.4 Å². The normalized spacial score (nSPS) is 9.84. The van der Waals surface area contributed by atoms with E-state index in [0.29, 0.717) is 36.4 Å². The standard InChI is InChI=1S/C19H23N3O2.ClH/c1-3-22(4-2)19(24)15-10-8-14(9-11-15)13-21-18(23)16-6-5-7-17(20)12-16;/h5-12H,3-4,13,20H2,1-2H3,(H,21,23);1H. The quantitative estimate of drug-likeness (QED) is 0.776. The van der Waals surface area contributed by atoms with Crippen LogP contribution in [0.15, 0.2) is 48.5 Å². The Labute approximate surface area is 154 Å². The van der Waals surface area contributed by atoms with Gasteiger partial charge in [0.2, 0.25) is 0 Å². The number of nitrogen functional groups attached to an aromatic ring is 1. The van der Waals surface area contributed by atoms with Crippen LogP contribution in [0.5, 0.6) is 0 Å². The molecule has 0 heterocycles. The van der Waals surface area contributed by atoms with Gasteiger partial charge in [-0.05, 0) is 49.7 Å². The number of hydrogen-bond acceptors (Lipinski definition) is 3. The van der Waals surface area contributed by atoms with E-state index in [1.54, 1.807) is 41.3 Å². The summed E-state index contributed by atoms with van der Waals surface area (Å²) in [6.07, 6.45) is 0. The van der Waals surface area contributed by atoms with Crippen molar-refractivity contribution in [3.05, 3.63) is 65.2 Å². The van der Waals surface area contributed by atoms with Crippen molar-refractivity contribution in [1.29, 1.82) is 0 Å². The van der Waals surface area contributed by atoms with Crippen LogP contribution >= 0.6 is 12.4 Å². The van der Waals surface area contributed by atoms with Crippen molar-refractivity contribution in [1.82, 2.24) is 10.2 Å². The van der Waals surface area contributed by atoms with E-state index < -0.39 is 0 Å². The first-order chi connectivity index (χ1) is 11.5. The van der Waals surface area contributed by atoms with E-state index in [1.165, 1.54) is 0 Å². The summed E-state index contributed by atoms with van der Waals surface area (Å²) in [4.78, 5) is 26.1. The molecule has 5 nitrogen and oxygen atoms in total. The maximum absolute atomic E-state index is 12.2. The summed E-state index contributed by atoms with van der Waals surface area (Å²) < 4.78 is 0. The Morgan fingerprint density at radius 1 is 1.00 bits per heavy atom. The van der Waals surface area contributed by atoms with Gasteiger partial charge >= 0.3 is 0 Å². The third-order valence-electron chi connectivity index (χ3n) is 3.85. The average molecular weight is 362 g/mol. The molecule has 3 N–H and O–H groups in total. The highest BCUT2D eigenvalue weighted by Gasteiger charge is 2.12. The van der Waals surface area contributed by atoms with Crippen LogP contribution in [0.2, 0.25) is 0 Å². The van der Waals surface area contributed by atoms with Crippen molar-refractivity contribution in [3.63, 3.8) is 0 Å². The summed E-state index contributed by atoms with van der Waals surface area (Å²) >= 11 is 0. The lowest BCUT2D eigenvalue weighted by Crippen LogP contribution is -2.30. The van der Waals surface area contributed by atoms with Gasteiger partial charge in [0.15, 0.2) is 0 Å². The third-order valence-corrected chi connectivity index (χ3v) is 3.85. The first kappa shape index (κ1) is 20.5. The number of hydrogen-bond donors (Lipinski definition) is 2. The van der Waals surface area contributed by atoms with Gasteiger partial charge in [0.05, 0.1) is 0 Å². The molecule has 0 aromatic heterocycles. The average Bonchev–Trinajstić information content (AvgIpc) is 2.61. The summed E-state index contributed by atoms with van der Waals surface area (Å²) in [5.41, 5.74) is 8.36. The molecule has 0 bridgehead atoms. The predicted molar refractivity (Wildman–Crippen MR) is 103 cm³/mol. The molecule has 0 aliphatic heterocycles. The summed E-state index contributed by atoms with van der Waals surface area (Å²) in [7, 11) is 0. The Morgan fingerprint density at radius 2 is 1.64 bits per heavy atom. The summed E-state index contributed by atoms with van der Waals surface area (Å²) in [6.45, 7) is 5.69. The fourth-order valence-electron chi connectivity index (χ4n) is 2.42. The van der Waals surface area contributed by atoms with Gasteiger partial charge in [-0.2, -0.15) is 0 Å². The highest BCUT2D eigenvalue weighted by molar-refractivity contribution is 5.95. The van der Waals surface area contributed by atoms with Gasteiger partial charge in [-0.15, -0.1) is 12.4 Å². The largest absolute Gasteiger partial charge is 0.399 e. The molecule has 0 aliphatic rings. The van der Waals surface area contributed by atoms with Crippen LogP contribution in [0.25, 0.3) is 0 Å². The van der Waals surface area contributed by atoms with E-state index >= 15 is 0 Å². The molecule has 134 valence electrons. The number of rotatable bonds is 6. The lowest BCUT2D eigenvalue weighted by Gasteiger charge is -2.18. The predicted octanol–water partition coefficient (Wildman–Crippen LogP) is 3.10. The molecule has 0 saturated carbocycles. The van der Waals surface area contributed by atoms with Gasteiger partial charge in [0.25, 0.3) is 11.8 Å². The molecule has 0 radical (unpaired) electrons. The lowest BCUT2D eigenvalue weighted by molar-refractivity contribution is 0.0772. The van der Waals surface area contributed by atoms with E-state index in [2.05, 4.69) is 5.32 Å². The second kappa shape index (κ2) is 9.69. The van der Waals surface area contributed by atoms with Gasteiger partial charge in [-0.25, -0.2) is 0 Å². The number of carbonyl (C=O) groups excluding carboxylic acids is 2. The summed E-state index contributed by atoms with van der Waals surface area (Å²) in [6, 6.07) is 14.1. The van der Waals surface area contributed by atoms with Crippen LogP contribution in [0.3, 0.4) is 0 Å². The second-order valence-electron chi connectivity index (χ2n) is 5.48. The van der Waals surface area contributed by atoms with Crippen molar-refractivity contribution in [3.8, 4) is 0 Å².